The predicted octanol–water partition coefficient (Wildman–Crippen LogP) is 3.94. The Labute approximate surface area is 111 Å². The number of allylic oxidation sites excluding steroid dienone is 1. The summed E-state index contributed by atoms with van der Waals surface area (Å²) >= 11 is 0. The Bertz CT molecular complexity index is 602. The second kappa shape index (κ2) is 5.96. The highest BCUT2D eigenvalue weighted by atomic mass is 19.1. The quantitative estimate of drug-likeness (QED) is 0.662. The van der Waals surface area contributed by atoms with Crippen molar-refractivity contribution in [2.45, 2.75) is 6.92 Å². The third-order valence-electron chi connectivity index (χ3n) is 2.68. The average Bonchev–Trinajstić information content (AvgIpc) is 2.41. The Balaban J connectivity index is 2.01. The molecule has 0 unspecified atom stereocenters. The van der Waals surface area contributed by atoms with E-state index in [1.807, 2.05) is 19.1 Å². The maximum Gasteiger partial charge on any atom is 0.187 e. The van der Waals surface area contributed by atoms with Gasteiger partial charge in [0.15, 0.2) is 5.78 Å². The number of carbonyl (C=O) groups is 1. The number of hydrogen-bond donors (Lipinski definition) is 1. The minimum Gasteiger partial charge on any atom is -0.359 e. The van der Waals surface area contributed by atoms with Gasteiger partial charge in [-0.2, -0.15) is 0 Å². The Morgan fingerprint density at radius 3 is 2.47 bits per heavy atom. The molecule has 3 heteroatoms. The van der Waals surface area contributed by atoms with Crippen LogP contribution in [0.3, 0.4) is 0 Å². The molecule has 0 heterocycles. The lowest BCUT2D eigenvalue weighted by Crippen LogP contribution is -1.97. The van der Waals surface area contributed by atoms with Crippen LogP contribution in [0.4, 0.5) is 10.1 Å². The van der Waals surface area contributed by atoms with Crippen LogP contribution in [0.25, 0.3) is 0 Å². The lowest BCUT2D eigenvalue weighted by molar-refractivity contribution is 0.104. The molecule has 2 aromatic rings. The molecule has 1 N–H and O–H groups in total. The highest BCUT2D eigenvalue weighted by Gasteiger charge is 2.01. The van der Waals surface area contributed by atoms with E-state index in [2.05, 4.69) is 5.32 Å². The molecule has 0 spiro atoms. The second-order valence-corrected chi connectivity index (χ2v) is 4.19. The van der Waals surface area contributed by atoms with Gasteiger partial charge >= 0.3 is 0 Å². The van der Waals surface area contributed by atoms with Crippen LogP contribution in [0.5, 0.6) is 0 Å². The molecule has 0 fully saturated rings. The molecule has 0 radical (unpaired) electrons. The molecule has 2 rings (SSSR count). The Morgan fingerprint density at radius 1 is 1.11 bits per heavy atom. The molecule has 0 aliphatic heterocycles. The number of anilines is 1. The first-order valence-electron chi connectivity index (χ1n) is 5.95. The van der Waals surface area contributed by atoms with Gasteiger partial charge < -0.3 is 5.32 Å². The number of carbonyl (C=O) groups excluding carboxylic acids is 1. The lowest BCUT2D eigenvalue weighted by atomic mass is 10.1. The summed E-state index contributed by atoms with van der Waals surface area (Å²) in [5.74, 6) is -0.473. The number of ketones is 1. The third kappa shape index (κ3) is 3.52. The largest absolute Gasteiger partial charge is 0.359 e. The molecule has 0 aliphatic carbocycles. The summed E-state index contributed by atoms with van der Waals surface area (Å²) in [7, 11) is 0. The van der Waals surface area contributed by atoms with Crippen molar-refractivity contribution in [1.82, 2.24) is 0 Å². The van der Waals surface area contributed by atoms with Crippen molar-refractivity contribution in [2.75, 3.05) is 5.32 Å². The molecule has 19 heavy (non-hydrogen) atoms. The maximum absolute atomic E-state index is 13.3. The number of benzene rings is 2. The lowest BCUT2D eigenvalue weighted by Gasteiger charge is -2.01. The van der Waals surface area contributed by atoms with Crippen molar-refractivity contribution in [3.8, 4) is 0 Å². The van der Waals surface area contributed by atoms with Crippen molar-refractivity contribution < 1.29 is 9.18 Å². The molecule has 0 aromatic heterocycles. The minimum absolute atomic E-state index is 0.121. The van der Waals surface area contributed by atoms with E-state index < -0.39 is 0 Å². The van der Waals surface area contributed by atoms with Crippen molar-refractivity contribution in [2.24, 2.45) is 0 Å². The van der Waals surface area contributed by atoms with Gasteiger partial charge in [0, 0.05) is 17.8 Å². The zero-order valence-electron chi connectivity index (χ0n) is 10.6. The minimum atomic E-state index is -0.352. The molecule has 0 aliphatic rings. The number of para-hydroxylation sites is 1. The Kier molecular flexibility index (Phi) is 4.08. The van der Waals surface area contributed by atoms with Crippen molar-refractivity contribution in [3.63, 3.8) is 0 Å². The molecule has 2 nitrogen and oxygen atoms in total. The fourth-order valence-corrected chi connectivity index (χ4v) is 1.60. The SMILES string of the molecule is Cc1ccc(C(=O)C=CNc2ccccc2F)cc1. The van der Waals surface area contributed by atoms with Gasteiger partial charge in [-0.15, -0.1) is 0 Å². The van der Waals surface area contributed by atoms with Crippen LogP contribution in [-0.4, -0.2) is 5.78 Å². The number of aryl methyl sites for hydroxylation is 1. The van der Waals surface area contributed by atoms with Crippen molar-refractivity contribution in [3.05, 3.63) is 77.8 Å². The van der Waals surface area contributed by atoms with Crippen LogP contribution >= 0.6 is 0 Å². The Hall–Kier alpha value is -2.42. The van der Waals surface area contributed by atoms with Crippen LogP contribution in [0.15, 0.2) is 60.8 Å². The molecule has 0 bridgehead atoms. The predicted molar refractivity (Wildman–Crippen MR) is 74.7 cm³/mol. The van der Waals surface area contributed by atoms with Gasteiger partial charge in [0.05, 0.1) is 5.69 Å². The van der Waals surface area contributed by atoms with E-state index in [0.717, 1.165) is 5.56 Å². The summed E-state index contributed by atoms with van der Waals surface area (Å²) in [6.45, 7) is 1.96. The molecular weight excluding hydrogens is 241 g/mol. The Morgan fingerprint density at radius 2 is 1.79 bits per heavy atom. The second-order valence-electron chi connectivity index (χ2n) is 4.19. The summed E-state index contributed by atoms with van der Waals surface area (Å²) in [6.07, 6.45) is 2.83. The number of nitrogens with one attached hydrogen (secondary N) is 1. The summed E-state index contributed by atoms with van der Waals surface area (Å²) in [5, 5.41) is 2.75. The molecule has 0 atom stereocenters. The number of rotatable bonds is 4. The first-order valence-corrected chi connectivity index (χ1v) is 5.95. The highest BCUT2D eigenvalue weighted by Crippen LogP contribution is 2.12. The molecular formula is C16H14FNO. The van der Waals surface area contributed by atoms with E-state index in [1.165, 1.54) is 18.3 Å². The summed E-state index contributed by atoms with van der Waals surface area (Å²) in [5.41, 5.74) is 2.05. The van der Waals surface area contributed by atoms with Crippen molar-refractivity contribution >= 4 is 11.5 Å². The molecule has 2 aromatic carbocycles. The maximum atomic E-state index is 13.3. The summed E-state index contributed by atoms with van der Waals surface area (Å²) in [4.78, 5) is 11.8. The van der Waals surface area contributed by atoms with Gasteiger partial charge in [-0.1, -0.05) is 42.0 Å². The zero-order chi connectivity index (χ0) is 13.7. The van der Waals surface area contributed by atoms with Gasteiger partial charge in [0.1, 0.15) is 5.82 Å². The van der Waals surface area contributed by atoms with Gasteiger partial charge in [-0.05, 0) is 19.1 Å². The van der Waals surface area contributed by atoms with Gasteiger partial charge in [-0.25, -0.2) is 4.39 Å². The highest BCUT2D eigenvalue weighted by molar-refractivity contribution is 6.04. The third-order valence-corrected chi connectivity index (χ3v) is 2.68. The van der Waals surface area contributed by atoms with Gasteiger partial charge in [0.25, 0.3) is 0 Å². The molecule has 0 saturated carbocycles. The fourth-order valence-electron chi connectivity index (χ4n) is 1.60. The van der Waals surface area contributed by atoms with E-state index >= 15 is 0 Å². The number of halogens is 1. The normalized spacial score (nSPS) is 10.6. The van der Waals surface area contributed by atoms with E-state index in [9.17, 15) is 9.18 Å². The van der Waals surface area contributed by atoms with Crippen LogP contribution < -0.4 is 5.32 Å². The van der Waals surface area contributed by atoms with E-state index in [4.69, 9.17) is 0 Å². The summed E-state index contributed by atoms with van der Waals surface area (Å²) < 4.78 is 13.3. The number of hydrogen-bond acceptors (Lipinski definition) is 2. The van der Waals surface area contributed by atoms with E-state index in [0.29, 0.717) is 11.3 Å². The first kappa shape index (κ1) is 13.0. The van der Waals surface area contributed by atoms with Crippen molar-refractivity contribution in [1.29, 1.82) is 0 Å². The fraction of sp³-hybridized carbons (Fsp3) is 0.0625. The zero-order valence-corrected chi connectivity index (χ0v) is 10.6. The van der Waals surface area contributed by atoms with E-state index in [1.54, 1.807) is 30.3 Å². The molecule has 96 valence electrons. The van der Waals surface area contributed by atoms with Crippen LogP contribution in [0.1, 0.15) is 15.9 Å². The smallest absolute Gasteiger partial charge is 0.187 e. The average molecular weight is 255 g/mol. The van der Waals surface area contributed by atoms with Crippen LogP contribution in [-0.2, 0) is 0 Å². The van der Waals surface area contributed by atoms with E-state index in [-0.39, 0.29) is 11.6 Å². The van der Waals surface area contributed by atoms with Gasteiger partial charge in [-0.3, -0.25) is 4.79 Å². The standard InChI is InChI=1S/C16H14FNO/c1-12-6-8-13(9-7-12)16(19)10-11-18-15-5-3-2-4-14(15)17/h2-11,18H,1H3. The summed E-state index contributed by atoms with van der Waals surface area (Å²) in [6, 6.07) is 13.6. The van der Waals surface area contributed by atoms with Crippen LogP contribution in [0, 0.1) is 12.7 Å². The molecule has 0 amide bonds. The van der Waals surface area contributed by atoms with Gasteiger partial charge in [0.2, 0.25) is 0 Å². The first-order chi connectivity index (χ1) is 9.16. The molecule has 0 saturated heterocycles. The monoisotopic (exact) mass is 255 g/mol. The van der Waals surface area contributed by atoms with Crippen LogP contribution in [0.2, 0.25) is 0 Å². The topological polar surface area (TPSA) is 29.1 Å².